The number of nitrogens with one attached hydrogen (secondary N) is 2. The van der Waals surface area contributed by atoms with E-state index in [9.17, 15) is 33.1 Å². The van der Waals surface area contributed by atoms with E-state index in [0.717, 1.165) is 11.6 Å². The van der Waals surface area contributed by atoms with Gasteiger partial charge >= 0.3 is 11.9 Å². The smallest absolute Gasteiger partial charge is 0.326 e. The Morgan fingerprint density at radius 1 is 0.978 bits per heavy atom. The lowest BCUT2D eigenvalue weighted by atomic mass is 10.0. The molecule has 3 N–H and O–H groups in total. The molecule has 10 nitrogen and oxygen atoms in total. The lowest BCUT2D eigenvalue weighted by molar-refractivity contribution is -0.155. The van der Waals surface area contributed by atoms with Crippen LogP contribution in [0.2, 0.25) is 0 Å². The van der Waals surface area contributed by atoms with Crippen molar-refractivity contribution in [2.75, 3.05) is 0 Å². The van der Waals surface area contributed by atoms with Gasteiger partial charge in [0, 0.05) is 36.9 Å². The average molecular weight is 634 g/mol. The lowest BCUT2D eigenvalue weighted by Gasteiger charge is -2.20. The number of aliphatic carboxylic acids is 1. The van der Waals surface area contributed by atoms with Gasteiger partial charge in [-0.2, -0.15) is 0 Å². The fourth-order valence-corrected chi connectivity index (χ4v) is 4.44. The molecular weight excluding hydrogens is 600 g/mol. The summed E-state index contributed by atoms with van der Waals surface area (Å²) in [5, 5.41) is 11.9. The fourth-order valence-electron chi connectivity index (χ4n) is 4.44. The Morgan fingerprint density at radius 3 is 2.43 bits per heavy atom. The predicted octanol–water partition coefficient (Wildman–Crippen LogP) is 6.19. The molecule has 0 bridgehead atoms. The first-order chi connectivity index (χ1) is 21.7. The van der Waals surface area contributed by atoms with E-state index in [1.807, 2.05) is 0 Å². The summed E-state index contributed by atoms with van der Waals surface area (Å²) in [5.74, 6) is -4.29. The molecule has 12 heteroatoms. The molecule has 2 heterocycles. The van der Waals surface area contributed by atoms with Crippen LogP contribution in [0.3, 0.4) is 0 Å². The molecule has 2 aromatic carbocycles. The Kier molecular flexibility index (Phi) is 10.3. The molecular formula is C34H33F2N3O7. The van der Waals surface area contributed by atoms with E-state index in [4.69, 9.17) is 9.47 Å². The molecule has 0 saturated heterocycles. The quantitative estimate of drug-likeness (QED) is 0.124. The maximum Gasteiger partial charge on any atom is 0.326 e. The van der Waals surface area contributed by atoms with E-state index in [0.29, 0.717) is 11.4 Å². The van der Waals surface area contributed by atoms with Crippen molar-refractivity contribution in [1.29, 1.82) is 0 Å². The molecule has 240 valence electrons. The highest BCUT2D eigenvalue weighted by molar-refractivity contribution is 5.98. The summed E-state index contributed by atoms with van der Waals surface area (Å²) in [4.78, 5) is 56.5. The van der Waals surface area contributed by atoms with Gasteiger partial charge in [-0.15, -0.1) is 0 Å². The first-order valence-corrected chi connectivity index (χ1v) is 14.3. The Balaban J connectivity index is 1.44. The summed E-state index contributed by atoms with van der Waals surface area (Å²) in [6.07, 6.45) is 2.18. The number of nitrogens with zero attached hydrogens (tertiary/aromatic N) is 1. The Hall–Kier alpha value is -5.39. The minimum absolute atomic E-state index is 0.106. The number of hydrogen-bond acceptors (Lipinski definition) is 7. The van der Waals surface area contributed by atoms with Crippen molar-refractivity contribution < 1.29 is 42.5 Å². The Labute approximate surface area is 263 Å². The van der Waals surface area contributed by atoms with E-state index in [1.54, 1.807) is 39.8 Å². The van der Waals surface area contributed by atoms with Gasteiger partial charge in [0.05, 0.1) is 17.0 Å². The SMILES string of the molecule is Cc1ccc(F)c(CC(=O)c2ccc(F)c(Oc3ccnc(-c4cc(C(=O)N[C@@H](CCC(=O)OC(C)(C)C)C(=O)O)c[nH]4)c3)c2)c1. The van der Waals surface area contributed by atoms with Crippen LogP contribution in [0.1, 0.15) is 65.5 Å². The summed E-state index contributed by atoms with van der Waals surface area (Å²) >= 11 is 0. The lowest BCUT2D eigenvalue weighted by Crippen LogP contribution is -2.41. The van der Waals surface area contributed by atoms with Crippen molar-refractivity contribution in [3.63, 3.8) is 0 Å². The highest BCUT2D eigenvalue weighted by Gasteiger charge is 2.24. The van der Waals surface area contributed by atoms with Gasteiger partial charge in [0.2, 0.25) is 0 Å². The number of carboxylic acid groups (broad SMARTS) is 1. The van der Waals surface area contributed by atoms with Crippen LogP contribution in [0, 0.1) is 18.6 Å². The van der Waals surface area contributed by atoms with Crippen LogP contribution >= 0.6 is 0 Å². The van der Waals surface area contributed by atoms with Gasteiger partial charge < -0.3 is 24.9 Å². The van der Waals surface area contributed by atoms with Gasteiger partial charge in [0.25, 0.3) is 5.91 Å². The number of aromatic nitrogens is 2. The zero-order chi connectivity index (χ0) is 33.6. The van der Waals surface area contributed by atoms with Crippen LogP contribution in [0.15, 0.2) is 67.0 Å². The summed E-state index contributed by atoms with van der Waals surface area (Å²) < 4.78 is 39.8. The molecule has 0 spiro atoms. The van der Waals surface area contributed by atoms with Gasteiger partial charge in [-0.05, 0) is 76.1 Å². The number of halogens is 2. The molecule has 0 unspecified atom stereocenters. The molecule has 4 aromatic rings. The van der Waals surface area contributed by atoms with E-state index in [2.05, 4.69) is 15.3 Å². The van der Waals surface area contributed by atoms with Crippen LogP contribution in [-0.4, -0.2) is 50.3 Å². The van der Waals surface area contributed by atoms with Crippen molar-refractivity contribution in [3.05, 3.63) is 101 Å². The molecule has 1 atom stereocenters. The number of carbonyl (C=O) groups excluding carboxylic acids is 3. The Morgan fingerprint density at radius 2 is 1.72 bits per heavy atom. The number of H-pyrrole nitrogens is 1. The van der Waals surface area contributed by atoms with Gasteiger partial charge in [0.15, 0.2) is 17.3 Å². The molecule has 0 aliphatic heterocycles. The molecule has 1 amide bonds. The summed E-state index contributed by atoms with van der Waals surface area (Å²) in [6, 6.07) is 11.2. The first-order valence-electron chi connectivity index (χ1n) is 14.3. The number of rotatable bonds is 12. The summed E-state index contributed by atoms with van der Waals surface area (Å²) in [6.45, 7) is 6.87. The molecule has 0 aliphatic carbocycles. The van der Waals surface area contributed by atoms with Gasteiger partial charge in [-0.1, -0.05) is 17.7 Å². The maximum atomic E-state index is 14.7. The third-order valence-corrected chi connectivity index (χ3v) is 6.65. The molecule has 4 rings (SSSR count). The average Bonchev–Trinajstić information content (AvgIpc) is 3.48. The number of Topliss-reactive ketones (excluding diaryl/α,β-unsaturated/α-hetero) is 1. The number of carboxylic acids is 1. The van der Waals surface area contributed by atoms with Crippen molar-refractivity contribution >= 4 is 23.6 Å². The number of ether oxygens (including phenoxy) is 2. The molecule has 0 radical (unpaired) electrons. The highest BCUT2D eigenvalue weighted by Crippen LogP contribution is 2.29. The van der Waals surface area contributed by atoms with Crippen LogP contribution in [0.5, 0.6) is 11.5 Å². The second kappa shape index (κ2) is 14.1. The van der Waals surface area contributed by atoms with Crippen LogP contribution in [-0.2, 0) is 20.7 Å². The normalized spacial score (nSPS) is 11.9. The number of aryl methyl sites for hydroxylation is 1. The number of amides is 1. The van der Waals surface area contributed by atoms with Gasteiger partial charge in [0.1, 0.15) is 23.2 Å². The molecule has 46 heavy (non-hydrogen) atoms. The monoisotopic (exact) mass is 633 g/mol. The van der Waals surface area contributed by atoms with Crippen LogP contribution < -0.4 is 10.1 Å². The predicted molar refractivity (Wildman–Crippen MR) is 164 cm³/mol. The number of esters is 1. The molecule has 0 saturated carbocycles. The number of carbonyl (C=O) groups is 4. The third-order valence-electron chi connectivity index (χ3n) is 6.65. The van der Waals surface area contributed by atoms with Crippen molar-refractivity contribution in [3.8, 4) is 22.9 Å². The number of benzene rings is 2. The fraction of sp³-hybridized carbons (Fsp3) is 0.265. The zero-order valence-corrected chi connectivity index (χ0v) is 25.6. The maximum absolute atomic E-state index is 14.7. The summed E-state index contributed by atoms with van der Waals surface area (Å²) in [7, 11) is 0. The number of pyridine rings is 1. The standard InChI is InChI=1S/C34H33F2N3O7/c1-19-5-7-24(35)21(13-19)15-29(40)20-6-8-25(36)30(16-20)45-23-11-12-37-28(17-23)27-14-22(18-38-27)32(42)39-26(33(43)44)9-10-31(41)46-34(2,3)4/h5-8,11-14,16-18,26,38H,9-10,15H2,1-4H3,(H,39,42)(H,43,44)/t26-/m0/s1. The second-order valence-corrected chi connectivity index (χ2v) is 11.6. The highest BCUT2D eigenvalue weighted by atomic mass is 19.1. The number of aromatic amines is 1. The molecule has 2 aromatic heterocycles. The van der Waals surface area contributed by atoms with E-state index in [-0.39, 0.29) is 47.5 Å². The zero-order valence-electron chi connectivity index (χ0n) is 25.6. The minimum Gasteiger partial charge on any atom is -0.480 e. The van der Waals surface area contributed by atoms with E-state index in [1.165, 1.54) is 48.8 Å². The third kappa shape index (κ3) is 9.07. The summed E-state index contributed by atoms with van der Waals surface area (Å²) in [5.41, 5.74) is 1.24. The van der Waals surface area contributed by atoms with Crippen LogP contribution in [0.25, 0.3) is 11.4 Å². The number of hydrogen-bond donors (Lipinski definition) is 3. The van der Waals surface area contributed by atoms with Crippen LogP contribution in [0.4, 0.5) is 8.78 Å². The number of ketones is 1. The van der Waals surface area contributed by atoms with E-state index < -0.39 is 46.9 Å². The largest absolute Gasteiger partial charge is 0.480 e. The van der Waals surface area contributed by atoms with Gasteiger partial charge in [-0.3, -0.25) is 19.4 Å². The van der Waals surface area contributed by atoms with Crippen molar-refractivity contribution in [1.82, 2.24) is 15.3 Å². The van der Waals surface area contributed by atoms with Crippen molar-refractivity contribution in [2.45, 2.75) is 58.6 Å². The Bertz CT molecular complexity index is 1780. The topological polar surface area (TPSA) is 148 Å². The second-order valence-electron chi connectivity index (χ2n) is 11.6. The van der Waals surface area contributed by atoms with E-state index >= 15 is 0 Å². The first kappa shape index (κ1) is 33.5. The van der Waals surface area contributed by atoms with Gasteiger partial charge in [-0.25, -0.2) is 13.6 Å². The van der Waals surface area contributed by atoms with Crippen molar-refractivity contribution in [2.24, 2.45) is 0 Å². The molecule has 0 fully saturated rings. The minimum atomic E-state index is -1.33. The molecule has 0 aliphatic rings.